The molecule has 0 saturated heterocycles. The Balaban J connectivity index is 2.60. The van der Waals surface area contributed by atoms with Crippen molar-refractivity contribution in [2.24, 2.45) is 0 Å². The van der Waals surface area contributed by atoms with Gasteiger partial charge >= 0.3 is 11.9 Å². The molecule has 122 valence electrons. The van der Waals surface area contributed by atoms with Crippen LogP contribution in [-0.2, 0) is 11.3 Å². The molecule has 1 aromatic heterocycles. The zero-order chi connectivity index (χ0) is 17.0. The fourth-order valence-electron chi connectivity index (χ4n) is 2.40. The van der Waals surface area contributed by atoms with Crippen LogP contribution in [0.4, 0.5) is 0 Å². The molecule has 0 fully saturated rings. The van der Waals surface area contributed by atoms with E-state index >= 15 is 0 Å². The van der Waals surface area contributed by atoms with Gasteiger partial charge in [-0.25, -0.2) is 9.59 Å². The summed E-state index contributed by atoms with van der Waals surface area (Å²) in [7, 11) is 0. The molecule has 0 bridgehead atoms. The molecule has 0 amide bonds. The first kappa shape index (κ1) is 17.1. The molecule has 0 aliphatic carbocycles. The van der Waals surface area contributed by atoms with Gasteiger partial charge in [0.15, 0.2) is 0 Å². The lowest BCUT2D eigenvalue weighted by atomic mass is 10.0. The van der Waals surface area contributed by atoms with E-state index in [4.69, 9.17) is 16.3 Å². The van der Waals surface area contributed by atoms with E-state index in [2.05, 4.69) is 0 Å². The highest BCUT2D eigenvalue weighted by Gasteiger charge is 2.19. The molecule has 0 radical (unpaired) electrons. The molecule has 0 spiro atoms. The summed E-state index contributed by atoms with van der Waals surface area (Å²) in [6.07, 6.45) is 2.52. The summed E-state index contributed by atoms with van der Waals surface area (Å²) >= 11 is 6.03. The maximum absolute atomic E-state index is 12.0. The lowest BCUT2D eigenvalue weighted by molar-refractivity contribution is 0.0525. The number of aryl methyl sites for hydroxylation is 1. The van der Waals surface area contributed by atoms with Gasteiger partial charge in [-0.3, -0.25) is 0 Å². The maximum atomic E-state index is 12.0. The highest BCUT2D eigenvalue weighted by Crippen LogP contribution is 2.29. The Kier molecular flexibility index (Phi) is 5.45. The van der Waals surface area contributed by atoms with Crippen LogP contribution in [0.5, 0.6) is 0 Å². The van der Waals surface area contributed by atoms with E-state index < -0.39 is 11.9 Å². The number of aromatic nitrogens is 1. The highest BCUT2D eigenvalue weighted by molar-refractivity contribution is 6.31. The predicted octanol–water partition coefficient (Wildman–Crippen LogP) is 4.09. The van der Waals surface area contributed by atoms with Gasteiger partial charge in [-0.05, 0) is 37.6 Å². The normalized spacial score (nSPS) is 10.6. The number of halogens is 1. The monoisotopic (exact) mass is 335 g/mol. The van der Waals surface area contributed by atoms with Gasteiger partial charge in [-0.2, -0.15) is 0 Å². The van der Waals surface area contributed by atoms with Crippen molar-refractivity contribution in [3.63, 3.8) is 0 Å². The molecule has 1 heterocycles. The van der Waals surface area contributed by atoms with Crippen LogP contribution in [0.25, 0.3) is 11.3 Å². The summed E-state index contributed by atoms with van der Waals surface area (Å²) in [5.41, 5.74) is 1.65. The third-order valence-corrected chi connectivity index (χ3v) is 3.60. The number of carbonyl (C=O) groups is 2. The van der Waals surface area contributed by atoms with Gasteiger partial charge in [0.05, 0.1) is 17.7 Å². The summed E-state index contributed by atoms with van der Waals surface area (Å²) in [4.78, 5) is 23.4. The number of hydrogen-bond donors (Lipinski definition) is 1. The Bertz CT molecular complexity index is 736. The lowest BCUT2D eigenvalue weighted by Crippen LogP contribution is -2.04. The zero-order valence-electron chi connectivity index (χ0n) is 13.0. The van der Waals surface area contributed by atoms with Crippen LogP contribution >= 0.6 is 11.6 Å². The van der Waals surface area contributed by atoms with Crippen molar-refractivity contribution in [1.82, 2.24) is 4.57 Å². The van der Waals surface area contributed by atoms with Crippen LogP contribution in [-0.4, -0.2) is 28.2 Å². The first-order chi connectivity index (χ1) is 11.0. The van der Waals surface area contributed by atoms with Crippen molar-refractivity contribution in [1.29, 1.82) is 0 Å². The SMILES string of the molecule is CCCn1cc(C(=O)OCC)cc1-c1cc(Cl)ccc1C(=O)O. The Hall–Kier alpha value is -2.27. The maximum Gasteiger partial charge on any atom is 0.339 e. The molecule has 0 saturated carbocycles. The minimum absolute atomic E-state index is 0.139. The van der Waals surface area contributed by atoms with E-state index in [0.717, 1.165) is 6.42 Å². The molecule has 1 aromatic carbocycles. The second-order valence-corrected chi connectivity index (χ2v) is 5.46. The summed E-state index contributed by atoms with van der Waals surface area (Å²) in [5, 5.41) is 9.83. The molecule has 23 heavy (non-hydrogen) atoms. The number of rotatable bonds is 6. The quantitative estimate of drug-likeness (QED) is 0.807. The average Bonchev–Trinajstić information content (AvgIpc) is 2.91. The second kappa shape index (κ2) is 7.33. The van der Waals surface area contributed by atoms with Crippen molar-refractivity contribution in [2.75, 3.05) is 6.61 Å². The average molecular weight is 336 g/mol. The number of esters is 1. The van der Waals surface area contributed by atoms with Gasteiger partial charge in [-0.1, -0.05) is 18.5 Å². The number of nitrogens with zero attached hydrogens (tertiary/aromatic N) is 1. The van der Waals surface area contributed by atoms with Crippen LogP contribution in [0.1, 0.15) is 41.0 Å². The fourth-order valence-corrected chi connectivity index (χ4v) is 2.58. The summed E-state index contributed by atoms with van der Waals surface area (Å²) < 4.78 is 6.87. The van der Waals surface area contributed by atoms with Gasteiger partial charge < -0.3 is 14.4 Å². The van der Waals surface area contributed by atoms with E-state index in [1.807, 2.05) is 11.5 Å². The van der Waals surface area contributed by atoms with Crippen LogP contribution < -0.4 is 0 Å². The largest absolute Gasteiger partial charge is 0.478 e. The van der Waals surface area contributed by atoms with E-state index in [0.29, 0.717) is 28.4 Å². The van der Waals surface area contributed by atoms with Gasteiger partial charge in [0.1, 0.15) is 0 Å². The molecule has 2 aromatic rings. The summed E-state index contributed by atoms with van der Waals surface area (Å²) in [5.74, 6) is -1.47. The molecule has 6 heteroatoms. The molecule has 0 unspecified atom stereocenters. The molecular weight excluding hydrogens is 318 g/mol. The Morgan fingerprint density at radius 3 is 2.61 bits per heavy atom. The molecule has 1 N–H and O–H groups in total. The third-order valence-electron chi connectivity index (χ3n) is 3.36. The van der Waals surface area contributed by atoms with E-state index in [1.54, 1.807) is 25.3 Å². The van der Waals surface area contributed by atoms with Gasteiger partial charge in [0.25, 0.3) is 0 Å². The van der Waals surface area contributed by atoms with Crippen molar-refractivity contribution in [3.8, 4) is 11.3 Å². The van der Waals surface area contributed by atoms with Crippen LogP contribution in [0.15, 0.2) is 30.5 Å². The van der Waals surface area contributed by atoms with Gasteiger partial charge in [0, 0.05) is 29.0 Å². The summed E-state index contributed by atoms with van der Waals surface area (Å²) in [6.45, 7) is 4.68. The summed E-state index contributed by atoms with van der Waals surface area (Å²) in [6, 6.07) is 6.24. The Labute approximate surface area is 139 Å². The minimum atomic E-state index is -1.04. The zero-order valence-corrected chi connectivity index (χ0v) is 13.8. The van der Waals surface area contributed by atoms with Crippen molar-refractivity contribution >= 4 is 23.5 Å². The molecule has 0 aliphatic rings. The van der Waals surface area contributed by atoms with Crippen LogP contribution in [0, 0.1) is 0 Å². The number of carboxylic acids is 1. The molecule has 0 atom stereocenters. The van der Waals surface area contributed by atoms with E-state index in [-0.39, 0.29) is 12.2 Å². The number of benzene rings is 1. The number of hydrogen-bond acceptors (Lipinski definition) is 3. The number of ether oxygens (including phenoxy) is 1. The Morgan fingerprint density at radius 1 is 1.26 bits per heavy atom. The topological polar surface area (TPSA) is 68.5 Å². The van der Waals surface area contributed by atoms with Gasteiger partial charge in [-0.15, -0.1) is 0 Å². The van der Waals surface area contributed by atoms with Crippen molar-refractivity contribution in [3.05, 3.63) is 46.6 Å². The smallest absolute Gasteiger partial charge is 0.339 e. The first-order valence-electron chi connectivity index (χ1n) is 7.38. The van der Waals surface area contributed by atoms with Crippen LogP contribution in [0.3, 0.4) is 0 Å². The minimum Gasteiger partial charge on any atom is -0.478 e. The molecule has 2 rings (SSSR count). The molecular formula is C17H18ClNO4. The van der Waals surface area contributed by atoms with Crippen molar-refractivity contribution in [2.45, 2.75) is 26.8 Å². The number of carbonyl (C=O) groups excluding carboxylic acids is 1. The predicted molar refractivity (Wildman–Crippen MR) is 88.1 cm³/mol. The Morgan fingerprint density at radius 2 is 2.00 bits per heavy atom. The van der Waals surface area contributed by atoms with Crippen molar-refractivity contribution < 1.29 is 19.4 Å². The second-order valence-electron chi connectivity index (χ2n) is 5.02. The molecule has 0 aliphatic heterocycles. The molecule has 5 nitrogen and oxygen atoms in total. The lowest BCUT2D eigenvalue weighted by Gasteiger charge is -2.11. The van der Waals surface area contributed by atoms with Crippen LogP contribution in [0.2, 0.25) is 5.02 Å². The highest BCUT2D eigenvalue weighted by atomic mass is 35.5. The van der Waals surface area contributed by atoms with E-state index in [1.165, 1.54) is 12.1 Å². The number of carboxylic acid groups (broad SMARTS) is 1. The standard InChI is InChI=1S/C17H18ClNO4/c1-3-7-19-10-11(17(22)23-4-2)8-15(19)14-9-12(18)5-6-13(14)16(20)21/h5-6,8-10H,3-4,7H2,1-2H3,(H,20,21). The van der Waals surface area contributed by atoms with E-state index in [9.17, 15) is 14.7 Å². The number of aromatic carboxylic acids is 1. The first-order valence-corrected chi connectivity index (χ1v) is 7.76. The fraction of sp³-hybridized carbons (Fsp3) is 0.294. The third kappa shape index (κ3) is 3.74. The van der Waals surface area contributed by atoms with Gasteiger partial charge in [0.2, 0.25) is 0 Å².